The van der Waals surface area contributed by atoms with E-state index in [9.17, 15) is 8.87 Å². The fraction of sp³-hybridized carbons (Fsp3) is 0.571. The van der Waals surface area contributed by atoms with Gasteiger partial charge < -0.3 is 9.64 Å². The van der Waals surface area contributed by atoms with Crippen molar-refractivity contribution in [3.05, 3.63) is 11.9 Å². The summed E-state index contributed by atoms with van der Waals surface area (Å²) < 4.78 is 30.5. The number of rotatable bonds is 1. The normalized spacial score (nSPS) is 22.7. The molecule has 0 atom stereocenters. The first-order valence-electron chi connectivity index (χ1n) is 4.27. The van der Waals surface area contributed by atoms with Crippen molar-refractivity contribution in [2.45, 2.75) is 0 Å². The highest BCUT2D eigenvalue weighted by Gasteiger charge is 2.19. The summed E-state index contributed by atoms with van der Waals surface area (Å²) in [4.78, 5) is 1.80. The van der Waals surface area contributed by atoms with Crippen molar-refractivity contribution in [1.29, 1.82) is 0 Å². The highest BCUT2D eigenvalue weighted by molar-refractivity contribution is 5.87. The smallest absolute Gasteiger partial charge is 0.239 e. The second kappa shape index (κ2) is 3.79. The Bertz CT molecular complexity index is 275. The van der Waals surface area contributed by atoms with Crippen LogP contribution >= 0.6 is 0 Å². The van der Waals surface area contributed by atoms with E-state index < -0.39 is 5.97 Å². The van der Waals surface area contributed by atoms with Crippen LogP contribution in [0.1, 0.15) is 0 Å². The number of ether oxygens (including phenoxy) is 1. The van der Waals surface area contributed by atoms with Crippen molar-refractivity contribution in [3.8, 4) is 0 Å². The Balaban J connectivity index is 2.06. The minimum absolute atomic E-state index is 0.139. The van der Waals surface area contributed by atoms with Crippen LogP contribution in [0.3, 0.4) is 0 Å². The molecule has 2 aliphatic heterocycles. The number of hydrogen-bond donors (Lipinski definition) is 1. The molecule has 1 fully saturated rings. The van der Waals surface area contributed by atoms with E-state index in [1.54, 1.807) is 4.90 Å². The van der Waals surface area contributed by atoms with E-state index in [-0.39, 0.29) is 5.34 Å². The second-order valence-electron chi connectivity index (χ2n) is 2.92. The topological polar surface area (TPSA) is 40.1 Å². The molecule has 0 aromatic rings. The summed E-state index contributed by atoms with van der Waals surface area (Å²) in [5.41, 5.74) is 2.29. The molecule has 14 heavy (non-hydrogen) atoms. The molecule has 2 heterocycles. The molecule has 0 aliphatic carbocycles. The molecular weight excluding hydrogens is 194 g/mol. The maximum Gasteiger partial charge on any atom is 0.239 e. The van der Waals surface area contributed by atoms with E-state index in [0.717, 1.165) is 6.08 Å². The first-order chi connectivity index (χ1) is 6.75. The molecule has 2 aliphatic rings. The number of nitrogens with zero attached hydrogens (tertiary/aromatic N) is 3. The largest absolute Gasteiger partial charge is 0.378 e. The van der Waals surface area contributed by atoms with Gasteiger partial charge in [0.1, 0.15) is 5.82 Å². The molecule has 0 saturated carbocycles. The van der Waals surface area contributed by atoms with Gasteiger partial charge in [0.25, 0.3) is 0 Å². The average Bonchev–Trinajstić information content (AvgIpc) is 2.18. The van der Waals surface area contributed by atoms with Crippen molar-refractivity contribution < 1.29 is 13.6 Å². The van der Waals surface area contributed by atoms with E-state index in [0.29, 0.717) is 32.1 Å². The van der Waals surface area contributed by atoms with Gasteiger partial charge >= 0.3 is 0 Å². The van der Waals surface area contributed by atoms with Crippen molar-refractivity contribution >= 4 is 5.97 Å². The quantitative estimate of drug-likeness (QED) is 0.617. The molecule has 0 amide bonds. The van der Waals surface area contributed by atoms with Gasteiger partial charge in [-0.3, -0.25) is 0 Å². The molecule has 0 radical (unpaired) electrons. The lowest BCUT2D eigenvalue weighted by molar-refractivity contribution is -0.0402. The molecule has 78 valence electrons. The predicted octanol–water partition coefficient (Wildman–Crippen LogP) is 0.148. The lowest BCUT2D eigenvalue weighted by Crippen LogP contribution is -2.44. The van der Waals surface area contributed by atoms with Crippen LogP contribution in [-0.4, -0.2) is 42.5 Å². The average molecular weight is 204 g/mol. The van der Waals surface area contributed by atoms with Gasteiger partial charge in [0, 0.05) is 19.2 Å². The Hall–Kier alpha value is -1.37. The van der Waals surface area contributed by atoms with Crippen LogP contribution in [0.5, 0.6) is 0 Å². The number of hydrogen-bond acceptors (Lipinski definition) is 5. The van der Waals surface area contributed by atoms with Crippen LogP contribution < -0.4 is 5.43 Å². The molecule has 1 N–H and O–H groups in total. The molecule has 0 aromatic carbocycles. The van der Waals surface area contributed by atoms with E-state index in [4.69, 9.17) is 4.74 Å². The van der Waals surface area contributed by atoms with Gasteiger partial charge in [-0.25, -0.2) is 5.43 Å². The molecule has 0 unspecified atom stereocenters. The van der Waals surface area contributed by atoms with Gasteiger partial charge in [0.05, 0.1) is 13.2 Å². The van der Waals surface area contributed by atoms with Crippen molar-refractivity contribution in [2.75, 3.05) is 26.3 Å². The van der Waals surface area contributed by atoms with Crippen LogP contribution in [0.25, 0.3) is 0 Å². The number of nitrogens with one attached hydrogen (secondary N) is 1. The zero-order valence-electron chi connectivity index (χ0n) is 7.41. The molecule has 0 aromatic heterocycles. The maximum absolute atomic E-state index is 12.7. The minimum Gasteiger partial charge on any atom is -0.378 e. The summed E-state index contributed by atoms with van der Waals surface area (Å²) in [5.74, 6) is -0.490. The minimum atomic E-state index is -0.854. The number of allylic oxidation sites excluding steroid dienone is 1. The molecule has 0 bridgehead atoms. The van der Waals surface area contributed by atoms with Crippen LogP contribution in [0, 0.1) is 0 Å². The Morgan fingerprint density at radius 1 is 1.43 bits per heavy atom. The van der Waals surface area contributed by atoms with Crippen LogP contribution in [0.4, 0.5) is 8.87 Å². The van der Waals surface area contributed by atoms with Crippen molar-refractivity contribution in [2.24, 2.45) is 5.10 Å². The molecule has 1 saturated heterocycles. The van der Waals surface area contributed by atoms with Crippen molar-refractivity contribution in [3.63, 3.8) is 0 Å². The lowest BCUT2D eigenvalue weighted by Gasteiger charge is -2.32. The standard InChI is InChI=1S/C7H10F2N4O/c8-6-5-7(11-13(9)10-6)12-1-3-14-4-2-12/h5,11H,1-4H2. The zero-order valence-corrected chi connectivity index (χ0v) is 7.41. The summed E-state index contributed by atoms with van der Waals surface area (Å²) in [5, 5.41) is 2.76. The van der Waals surface area contributed by atoms with Gasteiger partial charge in [0.2, 0.25) is 5.97 Å². The predicted molar refractivity (Wildman–Crippen MR) is 45.1 cm³/mol. The summed E-state index contributed by atoms with van der Waals surface area (Å²) in [7, 11) is 0. The van der Waals surface area contributed by atoms with Crippen LogP contribution in [0.2, 0.25) is 0 Å². The van der Waals surface area contributed by atoms with E-state index in [2.05, 4.69) is 10.5 Å². The van der Waals surface area contributed by atoms with E-state index in [1.807, 2.05) is 0 Å². The summed E-state index contributed by atoms with van der Waals surface area (Å²) in [6.07, 6.45) is 1.15. The SMILES string of the molecule is FC1=NN(F)NC(N2CCOCC2)=C1. The summed E-state index contributed by atoms with van der Waals surface area (Å²) >= 11 is 0. The molecule has 5 nitrogen and oxygen atoms in total. The first kappa shape index (κ1) is 9.20. The highest BCUT2D eigenvalue weighted by atomic mass is 19.2. The van der Waals surface area contributed by atoms with Crippen LogP contribution in [0.15, 0.2) is 17.0 Å². The monoisotopic (exact) mass is 204 g/mol. The third-order valence-corrected chi connectivity index (χ3v) is 2.00. The Morgan fingerprint density at radius 3 is 2.79 bits per heavy atom. The fourth-order valence-corrected chi connectivity index (χ4v) is 1.34. The van der Waals surface area contributed by atoms with Gasteiger partial charge in [-0.05, 0) is 5.34 Å². The number of morpholine rings is 1. The summed E-state index contributed by atoms with van der Waals surface area (Å²) in [6.45, 7) is 2.34. The molecule has 7 heteroatoms. The van der Waals surface area contributed by atoms with Gasteiger partial charge in [-0.2, -0.15) is 4.39 Å². The second-order valence-corrected chi connectivity index (χ2v) is 2.92. The van der Waals surface area contributed by atoms with Gasteiger partial charge in [-0.15, -0.1) is 0 Å². The summed E-state index contributed by atoms with van der Waals surface area (Å²) in [6, 6.07) is 0. The van der Waals surface area contributed by atoms with Gasteiger partial charge in [0.15, 0.2) is 0 Å². The number of hydrazone groups is 1. The van der Waals surface area contributed by atoms with Gasteiger partial charge in [-0.1, -0.05) is 9.58 Å². The van der Waals surface area contributed by atoms with E-state index in [1.165, 1.54) is 0 Å². The Labute approximate surface area is 79.5 Å². The highest BCUT2D eigenvalue weighted by Crippen LogP contribution is 2.10. The number of hydrazine groups is 1. The molecule has 2 rings (SSSR count). The molecular formula is C7H10F2N4O. The fourth-order valence-electron chi connectivity index (χ4n) is 1.34. The first-order valence-corrected chi connectivity index (χ1v) is 4.27. The maximum atomic E-state index is 12.7. The Morgan fingerprint density at radius 2 is 2.14 bits per heavy atom. The third-order valence-electron chi connectivity index (χ3n) is 2.00. The van der Waals surface area contributed by atoms with Crippen LogP contribution in [-0.2, 0) is 4.74 Å². The number of halogens is 2. The third kappa shape index (κ3) is 1.92. The molecule has 0 spiro atoms. The Kier molecular flexibility index (Phi) is 2.49. The van der Waals surface area contributed by atoms with E-state index >= 15 is 0 Å². The lowest BCUT2D eigenvalue weighted by atomic mass is 10.4. The van der Waals surface area contributed by atoms with Crippen molar-refractivity contribution in [1.82, 2.24) is 15.7 Å². The zero-order chi connectivity index (χ0) is 9.97.